The van der Waals surface area contributed by atoms with E-state index in [1.807, 2.05) is 6.92 Å². The lowest BCUT2D eigenvalue weighted by atomic mass is 10.2. The zero-order valence-electron chi connectivity index (χ0n) is 18.6. The molecule has 0 saturated heterocycles. The van der Waals surface area contributed by atoms with Crippen LogP contribution < -0.4 is 29.1 Å². The highest BCUT2D eigenvalue weighted by atomic mass is 16.7. The van der Waals surface area contributed by atoms with Gasteiger partial charge in [-0.25, -0.2) is 10.2 Å². The second kappa shape index (κ2) is 10.4. The number of esters is 1. The fourth-order valence-corrected chi connectivity index (χ4v) is 3.13. The summed E-state index contributed by atoms with van der Waals surface area (Å²) >= 11 is 0. The van der Waals surface area contributed by atoms with Crippen molar-refractivity contribution in [2.75, 3.05) is 20.5 Å². The molecule has 1 heterocycles. The van der Waals surface area contributed by atoms with E-state index in [9.17, 15) is 9.59 Å². The Morgan fingerprint density at radius 2 is 1.74 bits per heavy atom. The molecule has 1 N–H and O–H groups in total. The molecule has 4 rings (SSSR count). The molecule has 0 bridgehead atoms. The van der Waals surface area contributed by atoms with Crippen LogP contribution in [0, 0.1) is 0 Å². The minimum absolute atomic E-state index is 0.131. The van der Waals surface area contributed by atoms with Crippen molar-refractivity contribution in [2.45, 2.75) is 6.92 Å². The van der Waals surface area contributed by atoms with E-state index < -0.39 is 11.9 Å². The van der Waals surface area contributed by atoms with Gasteiger partial charge >= 0.3 is 5.97 Å². The van der Waals surface area contributed by atoms with Gasteiger partial charge in [0.25, 0.3) is 5.91 Å². The van der Waals surface area contributed by atoms with Gasteiger partial charge < -0.3 is 23.7 Å². The van der Waals surface area contributed by atoms with Gasteiger partial charge in [-0.1, -0.05) is 0 Å². The van der Waals surface area contributed by atoms with Crippen molar-refractivity contribution in [1.82, 2.24) is 5.43 Å². The Balaban J connectivity index is 1.38. The minimum Gasteiger partial charge on any atom is -0.494 e. The van der Waals surface area contributed by atoms with Gasteiger partial charge in [0.05, 0.1) is 25.5 Å². The molecule has 9 nitrogen and oxygen atoms in total. The first kappa shape index (κ1) is 22.7. The molecule has 0 aliphatic carbocycles. The number of methoxy groups -OCH3 is 1. The lowest BCUT2D eigenvalue weighted by Gasteiger charge is -2.10. The largest absolute Gasteiger partial charge is 0.494 e. The third-order valence-corrected chi connectivity index (χ3v) is 4.81. The number of nitrogens with one attached hydrogen (secondary N) is 1. The number of nitrogens with zero attached hydrogens (tertiary/aromatic N) is 1. The number of ether oxygens (including phenoxy) is 5. The van der Waals surface area contributed by atoms with Gasteiger partial charge in [0.2, 0.25) is 6.79 Å². The molecule has 0 fully saturated rings. The van der Waals surface area contributed by atoms with Gasteiger partial charge in [0.1, 0.15) is 5.75 Å². The van der Waals surface area contributed by atoms with Crippen molar-refractivity contribution in [3.05, 3.63) is 77.4 Å². The van der Waals surface area contributed by atoms with Gasteiger partial charge in [-0.15, -0.1) is 0 Å². The van der Waals surface area contributed by atoms with Crippen LogP contribution in [0.4, 0.5) is 0 Å². The number of amides is 1. The average molecular weight is 462 g/mol. The average Bonchev–Trinajstić information content (AvgIpc) is 3.33. The summed E-state index contributed by atoms with van der Waals surface area (Å²) in [4.78, 5) is 24.8. The van der Waals surface area contributed by atoms with Crippen LogP contribution in [-0.2, 0) is 0 Å². The van der Waals surface area contributed by atoms with E-state index in [4.69, 9.17) is 23.7 Å². The maximum absolute atomic E-state index is 12.5. The Morgan fingerprint density at radius 3 is 2.50 bits per heavy atom. The number of benzene rings is 3. The van der Waals surface area contributed by atoms with Crippen LogP contribution in [-0.4, -0.2) is 38.6 Å². The summed E-state index contributed by atoms with van der Waals surface area (Å²) < 4.78 is 26.7. The lowest BCUT2D eigenvalue weighted by molar-refractivity contribution is 0.0729. The van der Waals surface area contributed by atoms with Crippen LogP contribution in [0.2, 0.25) is 0 Å². The zero-order chi connectivity index (χ0) is 23.9. The number of fused-ring (bicyclic) bond motifs is 1. The van der Waals surface area contributed by atoms with Crippen molar-refractivity contribution in [2.24, 2.45) is 5.10 Å². The molecule has 174 valence electrons. The predicted octanol–water partition coefficient (Wildman–Crippen LogP) is 3.81. The molecular formula is C25H22N2O7. The van der Waals surface area contributed by atoms with Crippen molar-refractivity contribution in [3.63, 3.8) is 0 Å². The third kappa shape index (κ3) is 5.26. The summed E-state index contributed by atoms with van der Waals surface area (Å²) in [7, 11) is 1.46. The van der Waals surface area contributed by atoms with Gasteiger partial charge in [-0.3, -0.25) is 4.79 Å². The first-order valence-electron chi connectivity index (χ1n) is 10.4. The molecule has 3 aromatic carbocycles. The maximum atomic E-state index is 12.5. The molecule has 0 aromatic heterocycles. The number of hydrazone groups is 1. The van der Waals surface area contributed by atoms with Crippen LogP contribution >= 0.6 is 0 Å². The number of rotatable bonds is 8. The molecule has 1 amide bonds. The predicted molar refractivity (Wildman–Crippen MR) is 123 cm³/mol. The highest BCUT2D eigenvalue weighted by Gasteiger charge is 2.16. The summed E-state index contributed by atoms with van der Waals surface area (Å²) in [6.45, 7) is 2.56. The molecule has 34 heavy (non-hydrogen) atoms. The third-order valence-electron chi connectivity index (χ3n) is 4.81. The minimum atomic E-state index is -0.529. The number of carbonyl (C=O) groups is 2. The van der Waals surface area contributed by atoms with Crippen molar-refractivity contribution < 1.29 is 33.3 Å². The molecule has 3 aromatic rings. The summed E-state index contributed by atoms with van der Waals surface area (Å²) in [5, 5.41) is 3.98. The van der Waals surface area contributed by atoms with Gasteiger partial charge in [0, 0.05) is 5.56 Å². The zero-order valence-corrected chi connectivity index (χ0v) is 18.6. The molecule has 0 unspecified atom stereocenters. The van der Waals surface area contributed by atoms with Crippen LogP contribution in [0.3, 0.4) is 0 Å². The standard InChI is InChI=1S/C25H22N2O7/c1-3-31-19-8-5-17(6-9-19)25(29)34-21-10-4-16(12-22(21)30-2)14-26-27-24(28)18-7-11-20-23(13-18)33-15-32-20/h4-14H,3,15H2,1-2H3,(H,27,28)/b26-14+. The SMILES string of the molecule is CCOc1ccc(C(=O)Oc2ccc(/C=N/NC(=O)c3ccc4c(c3)OCO4)cc2OC)cc1. The molecule has 1 aliphatic rings. The Morgan fingerprint density at radius 1 is 0.971 bits per heavy atom. The van der Waals surface area contributed by atoms with E-state index in [0.29, 0.717) is 46.3 Å². The van der Waals surface area contributed by atoms with Crippen LogP contribution in [0.1, 0.15) is 33.2 Å². The highest BCUT2D eigenvalue weighted by Crippen LogP contribution is 2.32. The van der Waals surface area contributed by atoms with Crippen LogP contribution in [0.25, 0.3) is 0 Å². The topological polar surface area (TPSA) is 105 Å². The molecule has 9 heteroatoms. The van der Waals surface area contributed by atoms with Crippen LogP contribution in [0.15, 0.2) is 65.8 Å². The van der Waals surface area contributed by atoms with Crippen molar-refractivity contribution >= 4 is 18.1 Å². The summed E-state index contributed by atoms with van der Waals surface area (Å²) in [5.41, 5.74) is 3.85. The van der Waals surface area contributed by atoms with E-state index in [1.54, 1.807) is 60.7 Å². The smallest absolute Gasteiger partial charge is 0.343 e. The lowest BCUT2D eigenvalue weighted by Crippen LogP contribution is -2.17. The monoisotopic (exact) mass is 462 g/mol. The first-order chi connectivity index (χ1) is 16.6. The quantitative estimate of drug-likeness (QED) is 0.235. The molecule has 0 saturated carbocycles. The summed E-state index contributed by atoms with van der Waals surface area (Å²) in [6, 6.07) is 16.4. The fourth-order valence-electron chi connectivity index (χ4n) is 3.13. The van der Waals surface area contributed by atoms with Crippen LogP contribution in [0.5, 0.6) is 28.7 Å². The van der Waals surface area contributed by atoms with Gasteiger partial charge in [-0.2, -0.15) is 5.10 Å². The molecule has 0 radical (unpaired) electrons. The highest BCUT2D eigenvalue weighted by molar-refractivity contribution is 5.95. The first-order valence-corrected chi connectivity index (χ1v) is 10.4. The molecular weight excluding hydrogens is 440 g/mol. The normalized spacial score (nSPS) is 11.8. The summed E-state index contributed by atoms with van der Waals surface area (Å²) in [5.74, 6) is 1.44. The van der Waals surface area contributed by atoms with E-state index in [0.717, 1.165) is 0 Å². The van der Waals surface area contributed by atoms with E-state index in [2.05, 4.69) is 10.5 Å². The molecule has 1 aliphatic heterocycles. The number of carbonyl (C=O) groups excluding carboxylic acids is 2. The summed E-state index contributed by atoms with van der Waals surface area (Å²) in [6.07, 6.45) is 1.45. The second-order valence-corrected chi connectivity index (χ2v) is 7.02. The van der Waals surface area contributed by atoms with Gasteiger partial charge in [-0.05, 0) is 73.2 Å². The van der Waals surface area contributed by atoms with E-state index >= 15 is 0 Å². The Bertz CT molecular complexity index is 1220. The molecule has 0 spiro atoms. The van der Waals surface area contributed by atoms with E-state index in [1.165, 1.54) is 13.3 Å². The van der Waals surface area contributed by atoms with Gasteiger partial charge in [0.15, 0.2) is 23.0 Å². The second-order valence-electron chi connectivity index (χ2n) is 7.02. The Labute approximate surface area is 195 Å². The van der Waals surface area contributed by atoms with Crippen molar-refractivity contribution in [1.29, 1.82) is 0 Å². The van der Waals surface area contributed by atoms with Crippen molar-refractivity contribution in [3.8, 4) is 28.7 Å². The number of hydrogen-bond acceptors (Lipinski definition) is 8. The Kier molecular flexibility index (Phi) is 6.92. The fraction of sp³-hybridized carbons (Fsp3) is 0.160. The maximum Gasteiger partial charge on any atom is 0.343 e. The molecule has 0 atom stereocenters. The van der Waals surface area contributed by atoms with E-state index in [-0.39, 0.29) is 12.5 Å². The number of hydrogen-bond donors (Lipinski definition) is 1. The Hall–Kier alpha value is -4.53.